The van der Waals surface area contributed by atoms with Crippen LogP contribution in [-0.4, -0.2) is 29.1 Å². The lowest BCUT2D eigenvalue weighted by Crippen LogP contribution is -2.32. The van der Waals surface area contributed by atoms with Crippen LogP contribution in [0.2, 0.25) is 10.0 Å². The Morgan fingerprint density at radius 3 is 2.65 bits per heavy atom. The third-order valence-corrected chi connectivity index (χ3v) is 4.97. The normalized spacial score (nSPS) is 14.0. The number of aliphatic imine (C=N–C) groups is 1. The van der Waals surface area contributed by atoms with Crippen LogP contribution in [0.25, 0.3) is 0 Å². The number of amidine groups is 1. The van der Waals surface area contributed by atoms with Gasteiger partial charge in [-0.2, -0.15) is 0 Å². The second-order valence-electron chi connectivity index (χ2n) is 5.05. The Bertz CT molecular complexity index is 747. The van der Waals surface area contributed by atoms with Gasteiger partial charge in [-0.1, -0.05) is 53.2 Å². The molecule has 0 unspecified atom stereocenters. The van der Waals surface area contributed by atoms with E-state index in [0.717, 1.165) is 21.5 Å². The van der Waals surface area contributed by atoms with Gasteiger partial charge in [-0.25, -0.2) is 0 Å². The lowest BCUT2D eigenvalue weighted by Gasteiger charge is -2.18. The van der Waals surface area contributed by atoms with Crippen molar-refractivity contribution in [3.05, 3.63) is 69.7 Å². The number of rotatable bonds is 3. The van der Waals surface area contributed by atoms with Crippen LogP contribution in [0, 0.1) is 0 Å². The van der Waals surface area contributed by atoms with Crippen molar-refractivity contribution in [2.45, 2.75) is 5.75 Å². The van der Waals surface area contributed by atoms with Crippen molar-refractivity contribution in [2.24, 2.45) is 4.99 Å². The third kappa shape index (κ3) is 4.08. The number of carbonyl (C=O) groups excluding carboxylic acids is 1. The smallest absolute Gasteiger partial charge is 0.259 e. The lowest BCUT2D eigenvalue weighted by molar-refractivity contribution is 0.0860. The second kappa shape index (κ2) is 7.39. The van der Waals surface area contributed by atoms with E-state index in [9.17, 15) is 4.79 Å². The van der Waals surface area contributed by atoms with E-state index >= 15 is 0 Å². The van der Waals surface area contributed by atoms with Crippen LogP contribution in [0.3, 0.4) is 0 Å². The topological polar surface area (TPSA) is 32.7 Å². The first-order chi connectivity index (χ1) is 11.1. The summed E-state index contributed by atoms with van der Waals surface area (Å²) in [5.74, 6) is 0.683. The van der Waals surface area contributed by atoms with Crippen molar-refractivity contribution in [3.63, 3.8) is 0 Å². The minimum atomic E-state index is -0.0626. The third-order valence-electron chi connectivity index (χ3n) is 3.40. The first-order valence-corrected chi connectivity index (χ1v) is 8.87. The summed E-state index contributed by atoms with van der Waals surface area (Å²) < 4.78 is 0. The number of thioether (sulfide) groups is 1. The Labute approximate surface area is 149 Å². The highest BCUT2D eigenvalue weighted by atomic mass is 35.5. The molecule has 0 bridgehead atoms. The minimum Gasteiger partial charge on any atom is -0.286 e. The fraction of sp³-hybridized carbons (Fsp3) is 0.176. The summed E-state index contributed by atoms with van der Waals surface area (Å²) in [7, 11) is 0. The van der Waals surface area contributed by atoms with Gasteiger partial charge in [-0.05, 0) is 35.9 Å². The van der Waals surface area contributed by atoms with Crippen LogP contribution >= 0.6 is 35.0 Å². The standard InChI is InChI=1S/C17H14Cl2N2OS/c18-14-6-4-12(5-7-14)11-23-17-20-8-9-21(17)16(22)13-2-1-3-15(19)10-13/h1-7,10H,8-9,11H2. The molecule has 0 radical (unpaired) electrons. The Morgan fingerprint density at radius 1 is 1.13 bits per heavy atom. The van der Waals surface area contributed by atoms with E-state index in [0.29, 0.717) is 23.7 Å². The van der Waals surface area contributed by atoms with Crippen molar-refractivity contribution in [1.29, 1.82) is 0 Å². The highest BCUT2D eigenvalue weighted by molar-refractivity contribution is 8.13. The molecule has 3 rings (SSSR count). The number of nitrogens with zero attached hydrogens (tertiary/aromatic N) is 2. The molecular formula is C17H14Cl2N2OS. The summed E-state index contributed by atoms with van der Waals surface area (Å²) in [4.78, 5) is 18.8. The van der Waals surface area contributed by atoms with Crippen molar-refractivity contribution in [3.8, 4) is 0 Å². The first kappa shape index (κ1) is 16.4. The van der Waals surface area contributed by atoms with Crippen LogP contribution in [-0.2, 0) is 5.75 Å². The zero-order valence-electron chi connectivity index (χ0n) is 12.2. The first-order valence-electron chi connectivity index (χ1n) is 7.12. The fourth-order valence-corrected chi connectivity index (χ4v) is 3.56. The van der Waals surface area contributed by atoms with E-state index in [2.05, 4.69) is 4.99 Å². The summed E-state index contributed by atoms with van der Waals surface area (Å²) in [5, 5.41) is 2.03. The zero-order valence-corrected chi connectivity index (χ0v) is 14.5. The number of halogens is 2. The van der Waals surface area contributed by atoms with E-state index in [1.54, 1.807) is 40.9 Å². The van der Waals surface area contributed by atoms with Crippen LogP contribution < -0.4 is 0 Å². The number of benzene rings is 2. The van der Waals surface area contributed by atoms with E-state index in [1.165, 1.54) is 0 Å². The molecule has 118 valence electrons. The molecule has 0 aromatic heterocycles. The predicted molar refractivity (Wildman–Crippen MR) is 97.5 cm³/mol. The number of amides is 1. The van der Waals surface area contributed by atoms with Gasteiger partial charge >= 0.3 is 0 Å². The molecule has 1 heterocycles. The molecule has 0 saturated heterocycles. The van der Waals surface area contributed by atoms with E-state index in [1.807, 2.05) is 24.3 Å². The monoisotopic (exact) mass is 364 g/mol. The highest BCUT2D eigenvalue weighted by Crippen LogP contribution is 2.23. The molecule has 0 N–H and O–H groups in total. The average Bonchev–Trinajstić information content (AvgIpc) is 3.02. The Kier molecular flexibility index (Phi) is 5.26. The fourth-order valence-electron chi connectivity index (χ4n) is 2.24. The zero-order chi connectivity index (χ0) is 16.2. The molecule has 23 heavy (non-hydrogen) atoms. The van der Waals surface area contributed by atoms with Gasteiger partial charge in [-0.3, -0.25) is 14.7 Å². The molecule has 2 aromatic carbocycles. The van der Waals surface area contributed by atoms with Gasteiger partial charge in [0.2, 0.25) is 0 Å². The van der Waals surface area contributed by atoms with E-state index < -0.39 is 0 Å². The van der Waals surface area contributed by atoms with Crippen molar-refractivity contribution in [2.75, 3.05) is 13.1 Å². The molecule has 1 amide bonds. The summed E-state index contributed by atoms with van der Waals surface area (Å²) >= 11 is 13.4. The summed E-state index contributed by atoms with van der Waals surface area (Å²) in [6.07, 6.45) is 0. The maximum atomic E-state index is 12.6. The second-order valence-corrected chi connectivity index (χ2v) is 6.86. The molecule has 0 fully saturated rings. The number of hydrogen-bond donors (Lipinski definition) is 0. The highest BCUT2D eigenvalue weighted by Gasteiger charge is 2.25. The van der Waals surface area contributed by atoms with Gasteiger partial charge in [0.25, 0.3) is 5.91 Å². The molecule has 6 heteroatoms. The van der Waals surface area contributed by atoms with Crippen molar-refractivity contribution in [1.82, 2.24) is 4.90 Å². The van der Waals surface area contributed by atoms with E-state index in [4.69, 9.17) is 23.2 Å². The maximum absolute atomic E-state index is 12.6. The molecule has 2 aromatic rings. The minimum absolute atomic E-state index is 0.0626. The summed E-state index contributed by atoms with van der Waals surface area (Å²) in [5.41, 5.74) is 1.73. The SMILES string of the molecule is O=C(c1cccc(Cl)c1)N1CCN=C1SCc1ccc(Cl)cc1. The predicted octanol–water partition coefficient (Wildman–Crippen LogP) is 4.74. The molecule has 0 saturated carbocycles. The van der Waals surface area contributed by atoms with Crippen LogP contribution in [0.4, 0.5) is 0 Å². The number of carbonyl (C=O) groups is 1. The van der Waals surface area contributed by atoms with Gasteiger partial charge < -0.3 is 0 Å². The van der Waals surface area contributed by atoms with Gasteiger partial charge in [0, 0.05) is 27.9 Å². The molecule has 1 aliphatic heterocycles. The van der Waals surface area contributed by atoms with Crippen LogP contribution in [0.1, 0.15) is 15.9 Å². The quantitative estimate of drug-likeness (QED) is 0.787. The Hall–Kier alpha value is -1.49. The molecular weight excluding hydrogens is 351 g/mol. The molecule has 3 nitrogen and oxygen atoms in total. The summed E-state index contributed by atoms with van der Waals surface area (Å²) in [6.45, 7) is 1.24. The molecule has 0 atom stereocenters. The van der Waals surface area contributed by atoms with E-state index in [-0.39, 0.29) is 5.91 Å². The Balaban J connectivity index is 1.67. The molecule has 0 aliphatic carbocycles. The van der Waals surface area contributed by atoms with Crippen LogP contribution in [0.15, 0.2) is 53.5 Å². The van der Waals surface area contributed by atoms with Crippen molar-refractivity contribution < 1.29 is 4.79 Å². The molecule has 1 aliphatic rings. The largest absolute Gasteiger partial charge is 0.286 e. The van der Waals surface area contributed by atoms with Gasteiger partial charge in [0.15, 0.2) is 5.17 Å². The average molecular weight is 365 g/mol. The summed E-state index contributed by atoms with van der Waals surface area (Å²) in [6, 6.07) is 14.7. The van der Waals surface area contributed by atoms with Crippen molar-refractivity contribution >= 4 is 46.0 Å². The van der Waals surface area contributed by atoms with Crippen LogP contribution in [0.5, 0.6) is 0 Å². The Morgan fingerprint density at radius 2 is 1.91 bits per heavy atom. The maximum Gasteiger partial charge on any atom is 0.259 e. The number of hydrogen-bond acceptors (Lipinski definition) is 3. The van der Waals surface area contributed by atoms with Gasteiger partial charge in [-0.15, -0.1) is 0 Å². The lowest BCUT2D eigenvalue weighted by atomic mass is 10.2. The van der Waals surface area contributed by atoms with Gasteiger partial charge in [0.1, 0.15) is 0 Å². The van der Waals surface area contributed by atoms with Gasteiger partial charge in [0.05, 0.1) is 6.54 Å². The molecule has 0 spiro atoms.